The van der Waals surface area contributed by atoms with Crippen molar-refractivity contribution in [3.05, 3.63) is 65.7 Å². The first kappa shape index (κ1) is 16.6. The fourth-order valence-electron chi connectivity index (χ4n) is 3.71. The van der Waals surface area contributed by atoms with Gasteiger partial charge in [0.25, 0.3) is 5.91 Å². The van der Waals surface area contributed by atoms with Crippen molar-refractivity contribution >= 4 is 11.6 Å². The zero-order valence-electron chi connectivity index (χ0n) is 14.9. The lowest BCUT2D eigenvalue weighted by molar-refractivity contribution is -0.0618. The van der Waals surface area contributed by atoms with E-state index in [1.807, 2.05) is 59.5 Å². The highest BCUT2D eigenvalue weighted by molar-refractivity contribution is 6.02. The van der Waals surface area contributed by atoms with Gasteiger partial charge in [-0.3, -0.25) is 4.79 Å². The number of hydrogen-bond donors (Lipinski definition) is 0. The van der Waals surface area contributed by atoms with Gasteiger partial charge in [-0.2, -0.15) is 0 Å². The number of piperidine rings is 1. The Labute approximate surface area is 153 Å². The maximum atomic E-state index is 12.8. The number of carbonyl (C=O) groups excluding carboxylic acids is 1. The number of nitrogens with zero attached hydrogens (tertiary/aromatic N) is 2. The zero-order chi connectivity index (χ0) is 18.0. The van der Waals surface area contributed by atoms with Crippen molar-refractivity contribution in [1.82, 2.24) is 4.90 Å². The van der Waals surface area contributed by atoms with Crippen LogP contribution in [0.15, 0.2) is 59.8 Å². The van der Waals surface area contributed by atoms with Crippen molar-refractivity contribution in [2.45, 2.75) is 24.9 Å². The molecule has 0 N–H and O–H groups in total. The molecule has 2 heterocycles. The molecule has 0 aromatic heterocycles. The van der Waals surface area contributed by atoms with Crippen LogP contribution in [0.3, 0.4) is 0 Å². The second-order valence-corrected chi connectivity index (χ2v) is 6.91. The summed E-state index contributed by atoms with van der Waals surface area (Å²) < 4.78 is 5.21. The minimum atomic E-state index is -0.405. The van der Waals surface area contributed by atoms with Gasteiger partial charge >= 0.3 is 0 Å². The molecule has 1 unspecified atom stereocenters. The molecule has 5 heteroatoms. The number of ether oxygens (including phenoxy) is 1. The molecule has 26 heavy (non-hydrogen) atoms. The summed E-state index contributed by atoms with van der Waals surface area (Å²) in [5.74, 6) is 0.881. The SMILES string of the molecule is COc1ccc(C2=NOC3(CCCN(C(=O)c4ccccc4)C3)C2)cc1. The van der Waals surface area contributed by atoms with E-state index in [9.17, 15) is 4.79 Å². The smallest absolute Gasteiger partial charge is 0.253 e. The molecule has 1 amide bonds. The van der Waals surface area contributed by atoms with E-state index in [1.54, 1.807) is 7.11 Å². The average molecular weight is 350 g/mol. The van der Waals surface area contributed by atoms with E-state index >= 15 is 0 Å². The molecule has 2 aromatic carbocycles. The van der Waals surface area contributed by atoms with Crippen LogP contribution in [-0.4, -0.2) is 42.3 Å². The minimum absolute atomic E-state index is 0.0613. The summed E-state index contributed by atoms with van der Waals surface area (Å²) in [6, 6.07) is 17.3. The Balaban J connectivity index is 1.47. The molecular formula is C21H22N2O3. The zero-order valence-corrected chi connectivity index (χ0v) is 14.9. The van der Waals surface area contributed by atoms with Gasteiger partial charge in [0.1, 0.15) is 5.75 Å². The summed E-state index contributed by atoms with van der Waals surface area (Å²) >= 11 is 0. The lowest BCUT2D eigenvalue weighted by atomic mass is 9.86. The number of methoxy groups -OCH3 is 1. The van der Waals surface area contributed by atoms with Crippen LogP contribution in [0.2, 0.25) is 0 Å². The van der Waals surface area contributed by atoms with Crippen molar-refractivity contribution in [3.8, 4) is 5.75 Å². The fraction of sp³-hybridized carbons (Fsp3) is 0.333. The number of likely N-dealkylation sites (tertiary alicyclic amines) is 1. The van der Waals surface area contributed by atoms with Gasteiger partial charge in [0.15, 0.2) is 5.60 Å². The molecule has 0 aliphatic carbocycles. The van der Waals surface area contributed by atoms with Gasteiger partial charge in [0, 0.05) is 18.5 Å². The fourth-order valence-corrected chi connectivity index (χ4v) is 3.71. The molecule has 1 spiro atoms. The van der Waals surface area contributed by atoms with Crippen LogP contribution in [0.4, 0.5) is 0 Å². The number of oxime groups is 1. The normalized spacial score (nSPS) is 22.0. The van der Waals surface area contributed by atoms with E-state index in [1.165, 1.54) is 0 Å². The molecule has 2 aliphatic rings. The molecule has 0 bridgehead atoms. The molecule has 134 valence electrons. The molecule has 1 atom stereocenters. The summed E-state index contributed by atoms with van der Waals surface area (Å²) in [6.07, 6.45) is 2.55. The predicted molar refractivity (Wildman–Crippen MR) is 99.5 cm³/mol. The highest BCUT2D eigenvalue weighted by Gasteiger charge is 2.44. The molecule has 0 radical (unpaired) electrons. The van der Waals surface area contributed by atoms with Crippen LogP contribution in [0.1, 0.15) is 35.2 Å². The van der Waals surface area contributed by atoms with Gasteiger partial charge in [-0.1, -0.05) is 23.4 Å². The van der Waals surface area contributed by atoms with Gasteiger partial charge in [-0.15, -0.1) is 0 Å². The molecule has 4 rings (SSSR count). The summed E-state index contributed by atoms with van der Waals surface area (Å²) in [4.78, 5) is 20.6. The first-order chi connectivity index (χ1) is 12.7. The van der Waals surface area contributed by atoms with Crippen molar-refractivity contribution in [2.75, 3.05) is 20.2 Å². The van der Waals surface area contributed by atoms with Gasteiger partial charge in [0.2, 0.25) is 0 Å². The Morgan fingerprint density at radius 1 is 1.15 bits per heavy atom. The Kier molecular flexibility index (Phi) is 4.37. The van der Waals surface area contributed by atoms with Gasteiger partial charge in [-0.25, -0.2) is 0 Å². The number of carbonyl (C=O) groups is 1. The van der Waals surface area contributed by atoms with Crippen molar-refractivity contribution in [2.24, 2.45) is 5.16 Å². The van der Waals surface area contributed by atoms with E-state index in [2.05, 4.69) is 5.16 Å². The Morgan fingerprint density at radius 3 is 2.65 bits per heavy atom. The van der Waals surface area contributed by atoms with E-state index in [0.717, 1.165) is 48.4 Å². The highest BCUT2D eigenvalue weighted by atomic mass is 16.7. The van der Waals surface area contributed by atoms with Gasteiger partial charge < -0.3 is 14.5 Å². The molecule has 2 aromatic rings. The van der Waals surface area contributed by atoms with Crippen LogP contribution in [0.25, 0.3) is 0 Å². The molecule has 2 aliphatic heterocycles. The molecule has 5 nitrogen and oxygen atoms in total. The number of hydrogen-bond acceptors (Lipinski definition) is 4. The molecule has 1 fully saturated rings. The Hall–Kier alpha value is -2.82. The van der Waals surface area contributed by atoms with Gasteiger partial charge in [-0.05, 0) is 54.8 Å². The van der Waals surface area contributed by atoms with Crippen LogP contribution < -0.4 is 4.74 Å². The third-order valence-corrected chi connectivity index (χ3v) is 5.11. The maximum absolute atomic E-state index is 12.8. The number of amides is 1. The minimum Gasteiger partial charge on any atom is -0.497 e. The third kappa shape index (κ3) is 3.17. The quantitative estimate of drug-likeness (QED) is 0.851. The summed E-state index contributed by atoms with van der Waals surface area (Å²) in [6.45, 7) is 1.33. The maximum Gasteiger partial charge on any atom is 0.253 e. The first-order valence-corrected chi connectivity index (χ1v) is 8.93. The van der Waals surface area contributed by atoms with Crippen LogP contribution >= 0.6 is 0 Å². The Morgan fingerprint density at radius 2 is 1.92 bits per heavy atom. The number of rotatable bonds is 3. The van der Waals surface area contributed by atoms with E-state index < -0.39 is 5.60 Å². The van der Waals surface area contributed by atoms with Crippen LogP contribution in [0, 0.1) is 0 Å². The van der Waals surface area contributed by atoms with E-state index in [4.69, 9.17) is 9.57 Å². The van der Waals surface area contributed by atoms with Crippen LogP contribution in [0.5, 0.6) is 5.75 Å². The summed E-state index contributed by atoms with van der Waals surface area (Å²) in [5.41, 5.74) is 2.28. The highest BCUT2D eigenvalue weighted by Crippen LogP contribution is 2.35. The standard InChI is InChI=1S/C21H22N2O3/c1-25-18-10-8-16(9-11-18)19-14-21(26-22-19)12-5-13-23(15-21)20(24)17-6-3-2-4-7-17/h2-4,6-11H,5,12-15H2,1H3. The van der Waals surface area contributed by atoms with E-state index in [0.29, 0.717) is 6.54 Å². The van der Waals surface area contributed by atoms with Crippen molar-refractivity contribution < 1.29 is 14.4 Å². The second kappa shape index (κ2) is 6.83. The monoisotopic (exact) mass is 350 g/mol. The van der Waals surface area contributed by atoms with Gasteiger partial charge in [0.05, 0.1) is 19.4 Å². The first-order valence-electron chi connectivity index (χ1n) is 8.93. The largest absolute Gasteiger partial charge is 0.497 e. The third-order valence-electron chi connectivity index (χ3n) is 5.11. The number of benzene rings is 2. The molecule has 1 saturated heterocycles. The van der Waals surface area contributed by atoms with Crippen molar-refractivity contribution in [1.29, 1.82) is 0 Å². The molecule has 0 saturated carbocycles. The summed E-state index contributed by atoms with van der Waals surface area (Å²) in [5, 5.41) is 4.34. The van der Waals surface area contributed by atoms with Crippen molar-refractivity contribution in [3.63, 3.8) is 0 Å². The predicted octanol–water partition coefficient (Wildman–Crippen LogP) is 3.49. The lowest BCUT2D eigenvalue weighted by Gasteiger charge is -2.38. The Bertz CT molecular complexity index is 817. The second-order valence-electron chi connectivity index (χ2n) is 6.91. The topological polar surface area (TPSA) is 51.1 Å². The van der Waals surface area contributed by atoms with Crippen LogP contribution in [-0.2, 0) is 4.84 Å². The average Bonchev–Trinajstić information content (AvgIpc) is 3.11. The lowest BCUT2D eigenvalue weighted by Crippen LogP contribution is -2.50. The molecular weight excluding hydrogens is 328 g/mol. The summed E-state index contributed by atoms with van der Waals surface area (Å²) in [7, 11) is 1.65. The van der Waals surface area contributed by atoms with E-state index in [-0.39, 0.29) is 5.91 Å².